The Morgan fingerprint density at radius 3 is 2.59 bits per heavy atom. The molecule has 2 amide bonds. The van der Waals surface area contributed by atoms with Crippen molar-refractivity contribution in [2.45, 2.75) is 19.8 Å². The third-order valence-electron chi connectivity index (χ3n) is 3.91. The molecule has 1 aromatic carbocycles. The third kappa shape index (κ3) is 4.04. The number of hydrogen-bond acceptors (Lipinski definition) is 3. The van der Waals surface area contributed by atoms with Gasteiger partial charge in [-0.1, -0.05) is 0 Å². The lowest BCUT2D eigenvalue weighted by Crippen LogP contribution is -2.40. The Bertz CT molecular complexity index is 554. The quantitative estimate of drug-likeness (QED) is 0.892. The van der Waals surface area contributed by atoms with Crippen molar-refractivity contribution in [2.75, 3.05) is 32.0 Å². The zero-order valence-corrected chi connectivity index (χ0v) is 13.0. The third-order valence-corrected chi connectivity index (χ3v) is 3.91. The maximum Gasteiger partial charge on any atom is 0.256 e. The van der Waals surface area contributed by atoms with E-state index in [1.165, 1.54) is 25.1 Å². The molecular formula is C16H22FN3O2. The van der Waals surface area contributed by atoms with Crippen LogP contribution in [0.1, 0.15) is 30.1 Å². The second kappa shape index (κ2) is 7.35. The number of anilines is 1. The molecule has 0 bridgehead atoms. The predicted molar refractivity (Wildman–Crippen MR) is 83.3 cm³/mol. The summed E-state index contributed by atoms with van der Waals surface area (Å²) < 4.78 is 13.9. The van der Waals surface area contributed by atoms with Gasteiger partial charge < -0.3 is 15.5 Å². The normalized spacial score (nSPS) is 15.7. The fourth-order valence-corrected chi connectivity index (χ4v) is 2.77. The van der Waals surface area contributed by atoms with Gasteiger partial charge in [0.1, 0.15) is 5.82 Å². The molecule has 1 aromatic rings. The summed E-state index contributed by atoms with van der Waals surface area (Å²) in [6.45, 7) is 3.58. The number of hydrogen-bond donors (Lipinski definition) is 2. The number of carbonyl (C=O) groups excluding carboxylic acids is 2. The first kappa shape index (κ1) is 16.4. The number of rotatable bonds is 4. The SMILES string of the molecule is CNCC1CCN(C(=O)c2cc(NC(C)=O)ccc2F)CC1. The van der Waals surface area contributed by atoms with Crippen LogP contribution in [-0.4, -0.2) is 43.4 Å². The van der Waals surface area contributed by atoms with Gasteiger partial charge in [-0.2, -0.15) is 0 Å². The number of piperidine rings is 1. The van der Waals surface area contributed by atoms with Gasteiger partial charge >= 0.3 is 0 Å². The van der Waals surface area contributed by atoms with E-state index in [9.17, 15) is 14.0 Å². The summed E-state index contributed by atoms with van der Waals surface area (Å²) in [5.41, 5.74) is 0.445. The van der Waals surface area contributed by atoms with Gasteiger partial charge in [0.15, 0.2) is 0 Å². The summed E-state index contributed by atoms with van der Waals surface area (Å²) in [6.07, 6.45) is 1.83. The van der Waals surface area contributed by atoms with E-state index >= 15 is 0 Å². The molecule has 2 N–H and O–H groups in total. The number of amides is 2. The first-order valence-electron chi connectivity index (χ1n) is 7.52. The molecule has 1 heterocycles. The van der Waals surface area contributed by atoms with Crippen LogP contribution in [0, 0.1) is 11.7 Å². The molecule has 120 valence electrons. The second-order valence-electron chi connectivity index (χ2n) is 5.67. The van der Waals surface area contributed by atoms with Crippen molar-refractivity contribution >= 4 is 17.5 Å². The second-order valence-corrected chi connectivity index (χ2v) is 5.67. The number of benzene rings is 1. The Kier molecular flexibility index (Phi) is 5.49. The molecule has 1 aliphatic rings. The molecule has 0 aromatic heterocycles. The standard InChI is InChI=1S/C16H22FN3O2/c1-11(21)19-13-3-4-15(17)14(9-13)16(22)20-7-5-12(6-8-20)10-18-2/h3-4,9,12,18H,5-8,10H2,1-2H3,(H,19,21). The first-order chi connectivity index (χ1) is 10.5. The number of nitrogens with one attached hydrogen (secondary N) is 2. The van der Waals surface area contributed by atoms with E-state index in [1.807, 2.05) is 7.05 Å². The van der Waals surface area contributed by atoms with Gasteiger partial charge in [0.25, 0.3) is 5.91 Å². The van der Waals surface area contributed by atoms with Crippen molar-refractivity contribution in [1.82, 2.24) is 10.2 Å². The average molecular weight is 307 g/mol. The molecule has 1 saturated heterocycles. The maximum atomic E-state index is 13.9. The monoisotopic (exact) mass is 307 g/mol. The summed E-state index contributed by atoms with van der Waals surface area (Å²) in [5.74, 6) is -0.563. The molecule has 6 heteroatoms. The lowest BCUT2D eigenvalue weighted by Gasteiger charge is -2.32. The predicted octanol–water partition coefficient (Wildman–Crippen LogP) is 1.86. The molecule has 0 unspecified atom stereocenters. The molecule has 0 atom stereocenters. The van der Waals surface area contributed by atoms with Gasteiger partial charge in [0, 0.05) is 25.7 Å². The van der Waals surface area contributed by atoms with Crippen LogP contribution in [0.5, 0.6) is 0 Å². The van der Waals surface area contributed by atoms with Crippen molar-refractivity contribution in [3.8, 4) is 0 Å². The van der Waals surface area contributed by atoms with Crippen LogP contribution in [0.4, 0.5) is 10.1 Å². The van der Waals surface area contributed by atoms with Crippen LogP contribution in [-0.2, 0) is 4.79 Å². The molecular weight excluding hydrogens is 285 g/mol. The van der Waals surface area contributed by atoms with E-state index in [0.717, 1.165) is 19.4 Å². The Morgan fingerprint density at radius 2 is 2.00 bits per heavy atom. The minimum Gasteiger partial charge on any atom is -0.339 e. The fraction of sp³-hybridized carbons (Fsp3) is 0.500. The zero-order chi connectivity index (χ0) is 16.1. The molecule has 2 rings (SSSR count). The Morgan fingerprint density at radius 1 is 1.32 bits per heavy atom. The molecule has 5 nitrogen and oxygen atoms in total. The van der Waals surface area contributed by atoms with Crippen LogP contribution < -0.4 is 10.6 Å². The van der Waals surface area contributed by atoms with Crippen molar-refractivity contribution in [1.29, 1.82) is 0 Å². The number of likely N-dealkylation sites (tertiary alicyclic amines) is 1. The van der Waals surface area contributed by atoms with Gasteiger partial charge in [-0.15, -0.1) is 0 Å². The highest BCUT2D eigenvalue weighted by Crippen LogP contribution is 2.21. The highest BCUT2D eigenvalue weighted by Gasteiger charge is 2.25. The topological polar surface area (TPSA) is 61.4 Å². The van der Waals surface area contributed by atoms with Crippen LogP contribution >= 0.6 is 0 Å². The van der Waals surface area contributed by atoms with Crippen molar-refractivity contribution in [3.63, 3.8) is 0 Å². The zero-order valence-electron chi connectivity index (χ0n) is 13.0. The van der Waals surface area contributed by atoms with Gasteiger partial charge in [-0.25, -0.2) is 4.39 Å². The number of nitrogens with zero attached hydrogens (tertiary/aromatic N) is 1. The van der Waals surface area contributed by atoms with Crippen LogP contribution in [0.2, 0.25) is 0 Å². The van der Waals surface area contributed by atoms with Gasteiger partial charge in [-0.05, 0) is 50.6 Å². The summed E-state index contributed by atoms with van der Waals surface area (Å²) >= 11 is 0. The van der Waals surface area contributed by atoms with Crippen molar-refractivity contribution < 1.29 is 14.0 Å². The first-order valence-corrected chi connectivity index (χ1v) is 7.52. The molecule has 0 spiro atoms. The molecule has 0 aliphatic carbocycles. The molecule has 1 aliphatic heterocycles. The fourth-order valence-electron chi connectivity index (χ4n) is 2.77. The van der Waals surface area contributed by atoms with Gasteiger partial charge in [0.05, 0.1) is 5.56 Å². The molecule has 1 fully saturated rings. The molecule has 0 saturated carbocycles. The van der Waals surface area contributed by atoms with Gasteiger partial charge in [0.2, 0.25) is 5.91 Å². The van der Waals surface area contributed by atoms with E-state index < -0.39 is 5.82 Å². The van der Waals surface area contributed by atoms with Crippen LogP contribution in [0.25, 0.3) is 0 Å². The largest absolute Gasteiger partial charge is 0.339 e. The molecule has 0 radical (unpaired) electrons. The van der Waals surface area contributed by atoms with Gasteiger partial charge in [-0.3, -0.25) is 9.59 Å². The minimum atomic E-state index is -0.559. The summed E-state index contributed by atoms with van der Waals surface area (Å²) in [6, 6.07) is 4.07. The van der Waals surface area contributed by atoms with E-state index in [4.69, 9.17) is 0 Å². The highest BCUT2D eigenvalue weighted by molar-refractivity contribution is 5.97. The maximum absolute atomic E-state index is 13.9. The van der Waals surface area contributed by atoms with E-state index in [-0.39, 0.29) is 17.4 Å². The van der Waals surface area contributed by atoms with E-state index in [2.05, 4.69) is 10.6 Å². The number of halogens is 1. The highest BCUT2D eigenvalue weighted by atomic mass is 19.1. The summed E-state index contributed by atoms with van der Waals surface area (Å²) in [4.78, 5) is 25.2. The van der Waals surface area contributed by atoms with Crippen LogP contribution in [0.3, 0.4) is 0 Å². The minimum absolute atomic E-state index is 0.0123. The lowest BCUT2D eigenvalue weighted by atomic mass is 9.96. The average Bonchev–Trinajstić information content (AvgIpc) is 2.49. The lowest BCUT2D eigenvalue weighted by molar-refractivity contribution is -0.114. The number of carbonyl (C=O) groups is 2. The molecule has 22 heavy (non-hydrogen) atoms. The van der Waals surface area contributed by atoms with Crippen molar-refractivity contribution in [3.05, 3.63) is 29.6 Å². The van der Waals surface area contributed by atoms with Crippen molar-refractivity contribution in [2.24, 2.45) is 5.92 Å². The Balaban J connectivity index is 2.07. The van der Waals surface area contributed by atoms with E-state index in [1.54, 1.807) is 4.90 Å². The van der Waals surface area contributed by atoms with E-state index in [0.29, 0.717) is 24.7 Å². The summed E-state index contributed by atoms with van der Waals surface area (Å²) in [7, 11) is 1.92. The Labute approximate surface area is 129 Å². The Hall–Kier alpha value is -1.95. The van der Waals surface area contributed by atoms with Crippen LogP contribution in [0.15, 0.2) is 18.2 Å². The smallest absolute Gasteiger partial charge is 0.256 e. The summed E-state index contributed by atoms with van der Waals surface area (Å²) in [5, 5.41) is 5.71.